The summed E-state index contributed by atoms with van der Waals surface area (Å²) in [6, 6.07) is 1.83. The highest BCUT2D eigenvalue weighted by atomic mass is 35.5. The van der Waals surface area contributed by atoms with E-state index in [1.165, 1.54) is 0 Å². The van der Waals surface area contributed by atoms with Gasteiger partial charge in [-0.3, -0.25) is 4.79 Å². The molecule has 0 heterocycles. The maximum absolute atomic E-state index is 10.9. The van der Waals surface area contributed by atoms with Gasteiger partial charge in [0.1, 0.15) is 5.92 Å². The normalized spacial score (nSPS) is 11.7. The van der Waals surface area contributed by atoms with Crippen molar-refractivity contribution in [1.82, 2.24) is 0 Å². The quantitative estimate of drug-likeness (QED) is 0.478. The second-order valence-electron chi connectivity index (χ2n) is 1.91. The number of carbonyl (C=O) groups excluding carboxylic acids is 1. The van der Waals surface area contributed by atoms with Gasteiger partial charge in [-0.1, -0.05) is 0 Å². The molecule has 0 radical (unpaired) electrons. The number of halogens is 1. The molecular formula is C7H10ClNO2. The van der Waals surface area contributed by atoms with E-state index in [1.54, 1.807) is 6.92 Å². The number of hydrogen-bond donors (Lipinski definition) is 0. The first-order chi connectivity index (χ1) is 5.26. The third kappa shape index (κ3) is 3.84. The minimum Gasteiger partial charge on any atom is -0.465 e. The summed E-state index contributed by atoms with van der Waals surface area (Å²) in [4.78, 5) is 10.9. The van der Waals surface area contributed by atoms with Crippen molar-refractivity contribution in [1.29, 1.82) is 5.26 Å². The van der Waals surface area contributed by atoms with Crippen LogP contribution in [-0.2, 0) is 9.53 Å². The molecule has 0 amide bonds. The van der Waals surface area contributed by atoms with Gasteiger partial charge in [-0.15, -0.1) is 11.6 Å². The van der Waals surface area contributed by atoms with Crippen LogP contribution in [0.3, 0.4) is 0 Å². The van der Waals surface area contributed by atoms with E-state index in [0.717, 1.165) is 0 Å². The molecule has 4 heteroatoms. The van der Waals surface area contributed by atoms with Crippen molar-refractivity contribution in [2.75, 3.05) is 12.5 Å². The maximum Gasteiger partial charge on any atom is 0.323 e. The average Bonchev–Trinajstić information content (AvgIpc) is 2.00. The first-order valence-electron chi connectivity index (χ1n) is 3.38. The first kappa shape index (κ1) is 10.2. The lowest BCUT2D eigenvalue weighted by atomic mass is 10.1. The predicted octanol–water partition coefficient (Wildman–Crippen LogP) is 1.32. The Kier molecular flexibility index (Phi) is 5.58. The van der Waals surface area contributed by atoms with Crippen LogP contribution in [-0.4, -0.2) is 18.5 Å². The molecule has 0 spiro atoms. The van der Waals surface area contributed by atoms with Crippen LogP contribution in [0.4, 0.5) is 0 Å². The molecule has 0 bridgehead atoms. The predicted molar refractivity (Wildman–Crippen MR) is 41.1 cm³/mol. The van der Waals surface area contributed by atoms with E-state index in [4.69, 9.17) is 16.9 Å². The van der Waals surface area contributed by atoms with Gasteiger partial charge in [0.25, 0.3) is 0 Å². The fourth-order valence-electron chi connectivity index (χ4n) is 0.587. The van der Waals surface area contributed by atoms with Crippen LogP contribution in [0.5, 0.6) is 0 Å². The molecule has 0 aliphatic rings. The summed E-state index contributed by atoms with van der Waals surface area (Å²) in [5, 5.41) is 8.44. The average molecular weight is 176 g/mol. The van der Waals surface area contributed by atoms with Crippen molar-refractivity contribution in [2.45, 2.75) is 13.3 Å². The van der Waals surface area contributed by atoms with Crippen molar-refractivity contribution in [3.63, 3.8) is 0 Å². The number of carbonyl (C=O) groups is 1. The summed E-state index contributed by atoms with van der Waals surface area (Å²) in [7, 11) is 0. The topological polar surface area (TPSA) is 50.1 Å². The zero-order chi connectivity index (χ0) is 8.69. The van der Waals surface area contributed by atoms with E-state index in [2.05, 4.69) is 4.74 Å². The number of nitrogens with zero attached hydrogens (tertiary/aromatic N) is 1. The molecule has 0 aliphatic heterocycles. The Morgan fingerprint density at radius 2 is 2.45 bits per heavy atom. The van der Waals surface area contributed by atoms with E-state index in [0.29, 0.717) is 18.9 Å². The van der Waals surface area contributed by atoms with Crippen LogP contribution >= 0.6 is 11.6 Å². The van der Waals surface area contributed by atoms with Crippen LogP contribution in [0.1, 0.15) is 13.3 Å². The van der Waals surface area contributed by atoms with Gasteiger partial charge in [0.15, 0.2) is 0 Å². The molecule has 0 fully saturated rings. The molecule has 62 valence electrons. The summed E-state index contributed by atoms with van der Waals surface area (Å²) in [5.41, 5.74) is 0. The van der Waals surface area contributed by atoms with Crippen molar-refractivity contribution in [3.8, 4) is 6.07 Å². The number of hydrogen-bond acceptors (Lipinski definition) is 3. The molecule has 0 rings (SSSR count). The van der Waals surface area contributed by atoms with E-state index < -0.39 is 11.9 Å². The smallest absolute Gasteiger partial charge is 0.323 e. The van der Waals surface area contributed by atoms with Gasteiger partial charge in [-0.25, -0.2) is 0 Å². The monoisotopic (exact) mass is 175 g/mol. The highest BCUT2D eigenvalue weighted by Crippen LogP contribution is 2.05. The number of ether oxygens (including phenoxy) is 1. The Bertz CT molecular complexity index is 164. The summed E-state index contributed by atoms with van der Waals surface area (Å²) in [6.45, 7) is 2.01. The van der Waals surface area contributed by atoms with E-state index in [9.17, 15) is 4.79 Å². The fourth-order valence-corrected chi connectivity index (χ4v) is 0.805. The minimum atomic E-state index is -0.701. The minimum absolute atomic E-state index is 0.303. The molecule has 0 saturated heterocycles. The van der Waals surface area contributed by atoms with Gasteiger partial charge in [0, 0.05) is 5.88 Å². The molecular weight excluding hydrogens is 166 g/mol. The lowest BCUT2D eigenvalue weighted by molar-refractivity contribution is -0.146. The van der Waals surface area contributed by atoms with E-state index in [1.807, 2.05) is 6.07 Å². The summed E-state index contributed by atoms with van der Waals surface area (Å²) in [6.07, 6.45) is 0.358. The molecule has 0 saturated carbocycles. The van der Waals surface area contributed by atoms with Gasteiger partial charge in [0.05, 0.1) is 12.7 Å². The molecule has 0 aromatic carbocycles. The van der Waals surface area contributed by atoms with Crippen molar-refractivity contribution in [2.24, 2.45) is 5.92 Å². The summed E-state index contributed by atoms with van der Waals surface area (Å²) in [5.74, 6) is -0.875. The summed E-state index contributed by atoms with van der Waals surface area (Å²) >= 11 is 5.36. The fraction of sp³-hybridized carbons (Fsp3) is 0.714. The van der Waals surface area contributed by atoms with Crippen LogP contribution in [0, 0.1) is 17.2 Å². The Labute approximate surface area is 70.9 Å². The Balaban J connectivity index is 3.84. The third-order valence-corrected chi connectivity index (χ3v) is 1.34. The van der Waals surface area contributed by atoms with Crippen molar-refractivity contribution < 1.29 is 9.53 Å². The number of alkyl halides is 1. The van der Waals surface area contributed by atoms with Gasteiger partial charge >= 0.3 is 5.97 Å². The zero-order valence-corrected chi connectivity index (χ0v) is 7.10. The lowest BCUT2D eigenvalue weighted by Crippen LogP contribution is -2.16. The number of esters is 1. The standard InChI is InChI=1S/C7H10ClNO2/c1-2-11-7(10)6(5-9)3-4-8/h6H,2-4H2,1H3. The molecule has 1 atom stereocenters. The molecule has 0 aromatic heterocycles. The Morgan fingerprint density at radius 1 is 1.82 bits per heavy atom. The molecule has 1 unspecified atom stereocenters. The van der Waals surface area contributed by atoms with Gasteiger partial charge in [-0.2, -0.15) is 5.26 Å². The number of nitriles is 1. The SMILES string of the molecule is CCOC(=O)C(C#N)CCCl. The van der Waals surface area contributed by atoms with Gasteiger partial charge in [-0.05, 0) is 13.3 Å². The highest BCUT2D eigenvalue weighted by molar-refractivity contribution is 6.18. The maximum atomic E-state index is 10.9. The lowest BCUT2D eigenvalue weighted by Gasteiger charge is -2.04. The molecule has 11 heavy (non-hydrogen) atoms. The Hall–Kier alpha value is -0.750. The first-order valence-corrected chi connectivity index (χ1v) is 3.92. The van der Waals surface area contributed by atoms with Crippen LogP contribution in [0.25, 0.3) is 0 Å². The van der Waals surface area contributed by atoms with Gasteiger partial charge < -0.3 is 4.74 Å². The van der Waals surface area contributed by atoms with Crippen LogP contribution in [0.2, 0.25) is 0 Å². The molecule has 0 aromatic rings. The van der Waals surface area contributed by atoms with Crippen molar-refractivity contribution >= 4 is 17.6 Å². The molecule has 0 N–H and O–H groups in total. The van der Waals surface area contributed by atoms with Crippen LogP contribution in [0.15, 0.2) is 0 Å². The number of rotatable bonds is 4. The second kappa shape index (κ2) is 5.99. The van der Waals surface area contributed by atoms with Gasteiger partial charge in [0.2, 0.25) is 0 Å². The van der Waals surface area contributed by atoms with E-state index in [-0.39, 0.29) is 0 Å². The van der Waals surface area contributed by atoms with Crippen molar-refractivity contribution in [3.05, 3.63) is 0 Å². The highest BCUT2D eigenvalue weighted by Gasteiger charge is 2.17. The molecule has 3 nitrogen and oxygen atoms in total. The molecule has 0 aliphatic carbocycles. The Morgan fingerprint density at radius 3 is 2.82 bits per heavy atom. The largest absolute Gasteiger partial charge is 0.465 e. The van der Waals surface area contributed by atoms with E-state index >= 15 is 0 Å². The second-order valence-corrected chi connectivity index (χ2v) is 2.29. The third-order valence-electron chi connectivity index (χ3n) is 1.12. The summed E-state index contributed by atoms with van der Waals surface area (Å²) < 4.78 is 4.63. The van der Waals surface area contributed by atoms with Crippen LogP contribution < -0.4 is 0 Å². The zero-order valence-electron chi connectivity index (χ0n) is 6.34.